The lowest BCUT2D eigenvalue weighted by molar-refractivity contribution is -0.136. The molecule has 1 spiro atoms. The number of hydrogen-bond donors (Lipinski definition) is 2. The molecule has 3 fully saturated rings. The van der Waals surface area contributed by atoms with E-state index in [9.17, 15) is 14.4 Å². The third-order valence-electron chi connectivity index (χ3n) is 7.39. The molecule has 2 heterocycles. The predicted octanol–water partition coefficient (Wildman–Crippen LogP) is 3.48. The van der Waals surface area contributed by atoms with Crippen molar-refractivity contribution in [3.05, 3.63) is 34.9 Å². The highest BCUT2D eigenvalue weighted by Gasteiger charge is 2.52. The van der Waals surface area contributed by atoms with Gasteiger partial charge in [0.25, 0.3) is 5.91 Å². The molecule has 2 N–H and O–H groups in total. The summed E-state index contributed by atoms with van der Waals surface area (Å²) in [6, 6.07) is 7.28. The Balaban J connectivity index is 1.37. The Labute approximate surface area is 194 Å². The van der Waals surface area contributed by atoms with Crippen LogP contribution < -0.4 is 10.6 Å². The van der Waals surface area contributed by atoms with Gasteiger partial charge in [-0.05, 0) is 75.2 Å². The van der Waals surface area contributed by atoms with E-state index in [1.54, 1.807) is 0 Å². The first-order valence-electron chi connectivity index (χ1n) is 11.8. The molecular formula is C24H33ClN4O3. The average Bonchev–Trinajstić information content (AvgIpc) is 3.38. The fourth-order valence-corrected chi connectivity index (χ4v) is 5.57. The van der Waals surface area contributed by atoms with Crippen LogP contribution in [0.15, 0.2) is 24.3 Å². The lowest BCUT2D eigenvalue weighted by Gasteiger charge is -2.34. The molecule has 1 unspecified atom stereocenters. The Morgan fingerprint density at radius 1 is 1.25 bits per heavy atom. The van der Waals surface area contributed by atoms with Crippen molar-refractivity contribution < 1.29 is 14.4 Å². The van der Waals surface area contributed by atoms with Gasteiger partial charge in [0.15, 0.2) is 0 Å². The van der Waals surface area contributed by atoms with E-state index >= 15 is 0 Å². The number of carbonyl (C=O) groups excluding carboxylic acids is 3. The average molecular weight is 461 g/mol. The minimum Gasteiger partial charge on any atom is -0.353 e. The van der Waals surface area contributed by atoms with Gasteiger partial charge in [0, 0.05) is 11.6 Å². The van der Waals surface area contributed by atoms with Gasteiger partial charge >= 0.3 is 6.03 Å². The number of carbonyl (C=O) groups is 3. The summed E-state index contributed by atoms with van der Waals surface area (Å²) >= 11 is 6.20. The van der Waals surface area contributed by atoms with Gasteiger partial charge in [-0.1, -0.05) is 37.1 Å². The second-order valence-electron chi connectivity index (χ2n) is 9.37. The molecule has 0 radical (unpaired) electrons. The molecule has 2 aliphatic heterocycles. The molecule has 3 aliphatic rings. The number of benzene rings is 1. The van der Waals surface area contributed by atoms with E-state index in [0.717, 1.165) is 55.7 Å². The van der Waals surface area contributed by atoms with Crippen molar-refractivity contribution in [2.75, 3.05) is 26.2 Å². The summed E-state index contributed by atoms with van der Waals surface area (Å²) in [7, 11) is 0. The molecule has 0 bridgehead atoms. The zero-order chi connectivity index (χ0) is 22.7. The van der Waals surface area contributed by atoms with Crippen LogP contribution in [-0.2, 0) is 9.59 Å². The van der Waals surface area contributed by atoms with Crippen LogP contribution in [0.25, 0.3) is 0 Å². The summed E-state index contributed by atoms with van der Waals surface area (Å²) in [5.41, 5.74) is 0.239. The highest BCUT2D eigenvalue weighted by molar-refractivity contribution is 6.30. The van der Waals surface area contributed by atoms with E-state index in [1.165, 1.54) is 0 Å². The van der Waals surface area contributed by atoms with Crippen LogP contribution in [0.3, 0.4) is 0 Å². The van der Waals surface area contributed by atoms with Crippen molar-refractivity contribution in [3.63, 3.8) is 0 Å². The maximum atomic E-state index is 13.1. The van der Waals surface area contributed by atoms with Gasteiger partial charge in [-0.15, -0.1) is 0 Å². The second kappa shape index (κ2) is 9.79. The summed E-state index contributed by atoms with van der Waals surface area (Å²) < 4.78 is 0. The topological polar surface area (TPSA) is 81.8 Å². The van der Waals surface area contributed by atoms with Crippen LogP contribution >= 0.6 is 11.6 Å². The van der Waals surface area contributed by atoms with Gasteiger partial charge in [0.1, 0.15) is 12.1 Å². The number of rotatable bonds is 7. The number of amides is 4. The van der Waals surface area contributed by atoms with Crippen LogP contribution in [-0.4, -0.2) is 59.4 Å². The number of nitrogens with one attached hydrogen (secondary N) is 2. The standard InChI is InChI=1S/C24H33ClN4O3/c1-2-17-8-10-24(11-9-17)22(31)29(23(32)27-24)16-21(30)26-15-20(28-12-3-4-13-28)18-6-5-7-19(25)14-18/h5-7,14,17,20H,2-4,8-13,15-16H2,1H3,(H,26,30)(H,27,32). The molecule has 4 rings (SSSR count). The molecular weight excluding hydrogens is 428 g/mol. The minimum atomic E-state index is -0.818. The lowest BCUT2D eigenvalue weighted by Crippen LogP contribution is -2.50. The van der Waals surface area contributed by atoms with Crippen molar-refractivity contribution >= 4 is 29.4 Å². The highest BCUT2D eigenvalue weighted by Crippen LogP contribution is 2.37. The lowest BCUT2D eigenvalue weighted by atomic mass is 9.75. The Bertz CT molecular complexity index is 863. The number of nitrogens with zero attached hydrogens (tertiary/aromatic N) is 2. The zero-order valence-corrected chi connectivity index (χ0v) is 19.5. The summed E-state index contributed by atoms with van der Waals surface area (Å²) in [5, 5.41) is 6.52. The van der Waals surface area contributed by atoms with Gasteiger partial charge in [0.2, 0.25) is 5.91 Å². The summed E-state index contributed by atoms with van der Waals surface area (Å²) in [6.45, 7) is 4.27. The van der Waals surface area contributed by atoms with Crippen molar-refractivity contribution in [3.8, 4) is 0 Å². The minimum absolute atomic E-state index is 0.0129. The van der Waals surface area contributed by atoms with Crippen LogP contribution in [0.1, 0.15) is 63.5 Å². The van der Waals surface area contributed by atoms with Crippen LogP contribution in [0.4, 0.5) is 4.79 Å². The predicted molar refractivity (Wildman–Crippen MR) is 123 cm³/mol. The number of hydrogen-bond acceptors (Lipinski definition) is 4. The van der Waals surface area contributed by atoms with Crippen LogP contribution in [0.5, 0.6) is 0 Å². The van der Waals surface area contributed by atoms with E-state index < -0.39 is 11.6 Å². The fourth-order valence-electron chi connectivity index (χ4n) is 5.37. The van der Waals surface area contributed by atoms with E-state index in [0.29, 0.717) is 30.3 Å². The maximum Gasteiger partial charge on any atom is 0.325 e. The summed E-state index contributed by atoms with van der Waals surface area (Å²) in [4.78, 5) is 41.8. The van der Waals surface area contributed by atoms with Gasteiger partial charge in [-0.2, -0.15) is 0 Å². The smallest absolute Gasteiger partial charge is 0.325 e. The van der Waals surface area contributed by atoms with Gasteiger partial charge in [0.05, 0.1) is 6.04 Å². The first kappa shape index (κ1) is 23.1. The SMILES string of the molecule is CCC1CCC2(CC1)NC(=O)N(CC(=O)NCC(c1cccc(Cl)c1)N1CCCC1)C2=O. The molecule has 4 amide bonds. The van der Waals surface area contributed by atoms with Gasteiger partial charge < -0.3 is 10.6 Å². The molecule has 2 saturated heterocycles. The quantitative estimate of drug-likeness (QED) is 0.610. The Kier molecular flexibility index (Phi) is 7.05. The van der Waals surface area contributed by atoms with Gasteiger partial charge in [-0.3, -0.25) is 19.4 Å². The summed E-state index contributed by atoms with van der Waals surface area (Å²) in [5.74, 6) is 0.0360. The summed E-state index contributed by atoms with van der Waals surface area (Å²) in [6.07, 6.45) is 6.53. The molecule has 8 heteroatoms. The number of likely N-dealkylation sites (tertiary alicyclic amines) is 1. The Morgan fingerprint density at radius 3 is 2.62 bits per heavy atom. The normalized spacial score (nSPS) is 27.1. The third-order valence-corrected chi connectivity index (χ3v) is 7.63. The molecule has 1 aromatic rings. The van der Waals surface area contributed by atoms with Crippen molar-refractivity contribution in [1.82, 2.24) is 20.4 Å². The van der Waals surface area contributed by atoms with Crippen LogP contribution in [0.2, 0.25) is 5.02 Å². The maximum absolute atomic E-state index is 13.1. The highest BCUT2D eigenvalue weighted by atomic mass is 35.5. The number of halogens is 1. The molecule has 1 aliphatic carbocycles. The van der Waals surface area contributed by atoms with Crippen molar-refractivity contribution in [1.29, 1.82) is 0 Å². The largest absolute Gasteiger partial charge is 0.353 e. The molecule has 174 valence electrons. The third kappa shape index (κ3) is 4.79. The number of urea groups is 1. The number of imide groups is 1. The monoisotopic (exact) mass is 460 g/mol. The Hall–Kier alpha value is -2.12. The van der Waals surface area contributed by atoms with E-state index in [1.807, 2.05) is 24.3 Å². The molecule has 32 heavy (non-hydrogen) atoms. The zero-order valence-electron chi connectivity index (χ0n) is 18.7. The first-order valence-corrected chi connectivity index (χ1v) is 12.2. The Morgan fingerprint density at radius 2 is 1.97 bits per heavy atom. The molecule has 1 atom stereocenters. The van der Waals surface area contributed by atoms with Gasteiger partial charge in [-0.25, -0.2) is 4.79 Å². The van der Waals surface area contributed by atoms with Crippen LogP contribution in [0, 0.1) is 5.92 Å². The molecule has 7 nitrogen and oxygen atoms in total. The molecule has 1 saturated carbocycles. The van der Waals surface area contributed by atoms with Crippen molar-refractivity contribution in [2.45, 2.75) is 63.5 Å². The van der Waals surface area contributed by atoms with E-state index in [-0.39, 0.29) is 24.4 Å². The second-order valence-corrected chi connectivity index (χ2v) is 9.81. The molecule has 0 aromatic heterocycles. The first-order chi connectivity index (χ1) is 15.4. The van der Waals surface area contributed by atoms with E-state index in [2.05, 4.69) is 22.5 Å². The molecule has 1 aromatic carbocycles. The van der Waals surface area contributed by atoms with Crippen molar-refractivity contribution in [2.24, 2.45) is 5.92 Å². The fraction of sp³-hybridized carbons (Fsp3) is 0.625. The van der Waals surface area contributed by atoms with E-state index in [4.69, 9.17) is 11.6 Å².